The normalized spacial score (nSPS) is 14.5. The van der Waals surface area contributed by atoms with E-state index < -0.39 is 6.03 Å². The summed E-state index contributed by atoms with van der Waals surface area (Å²) in [6, 6.07) is 7.52. The highest BCUT2D eigenvalue weighted by molar-refractivity contribution is 6.33. The number of piperidine rings is 1. The van der Waals surface area contributed by atoms with Gasteiger partial charge < -0.3 is 26.3 Å². The number of carbonyl (C=O) groups excluding carboxylic acids is 2. The van der Waals surface area contributed by atoms with Crippen LogP contribution >= 0.6 is 11.6 Å². The standard InChI is InChI=1S/C21H24ClN7O2/c22-16-12-26-21(28-19(16)15-11-25-17-4-2-1-3-14(15)17)27-13-6-9-29(10-7-13)18(30)5-8-24-20(23)31/h1-4,11-13,25H,5-10H2,(H3,23,24,31)(H,26,27,28). The Morgan fingerprint density at radius 1 is 1.26 bits per heavy atom. The van der Waals surface area contributed by atoms with Gasteiger partial charge in [-0.1, -0.05) is 29.8 Å². The van der Waals surface area contributed by atoms with Crippen LogP contribution in [0.15, 0.2) is 36.7 Å². The number of halogens is 1. The number of hydrogen-bond donors (Lipinski definition) is 4. The first kappa shape index (κ1) is 20.9. The van der Waals surface area contributed by atoms with Crippen molar-refractivity contribution in [1.82, 2.24) is 25.2 Å². The van der Waals surface area contributed by atoms with Crippen molar-refractivity contribution in [3.05, 3.63) is 41.7 Å². The van der Waals surface area contributed by atoms with Crippen molar-refractivity contribution in [2.75, 3.05) is 25.0 Å². The van der Waals surface area contributed by atoms with Crippen LogP contribution in [0.1, 0.15) is 19.3 Å². The number of H-pyrrole nitrogens is 1. The van der Waals surface area contributed by atoms with Gasteiger partial charge in [-0.2, -0.15) is 0 Å². The molecule has 1 fully saturated rings. The van der Waals surface area contributed by atoms with Crippen molar-refractivity contribution >= 4 is 40.4 Å². The number of nitrogens with one attached hydrogen (secondary N) is 3. The number of rotatable bonds is 6. The number of para-hydroxylation sites is 1. The maximum Gasteiger partial charge on any atom is 0.312 e. The molecule has 10 heteroatoms. The van der Waals surface area contributed by atoms with Crippen molar-refractivity contribution in [3.8, 4) is 11.3 Å². The smallest absolute Gasteiger partial charge is 0.312 e. The average Bonchev–Trinajstić information content (AvgIpc) is 3.19. The predicted octanol–water partition coefficient (Wildman–Crippen LogP) is 2.74. The molecule has 3 amide bonds. The zero-order chi connectivity index (χ0) is 21.8. The molecule has 1 saturated heterocycles. The van der Waals surface area contributed by atoms with Crippen molar-refractivity contribution in [1.29, 1.82) is 0 Å². The largest absolute Gasteiger partial charge is 0.360 e. The molecule has 0 radical (unpaired) electrons. The average molecular weight is 442 g/mol. The van der Waals surface area contributed by atoms with E-state index in [9.17, 15) is 9.59 Å². The van der Waals surface area contributed by atoms with Gasteiger partial charge in [-0.05, 0) is 18.9 Å². The molecule has 162 valence electrons. The number of nitrogens with two attached hydrogens (primary N) is 1. The molecule has 1 aliphatic rings. The van der Waals surface area contributed by atoms with Gasteiger partial charge in [0.2, 0.25) is 11.9 Å². The van der Waals surface area contributed by atoms with E-state index in [0.29, 0.717) is 29.8 Å². The summed E-state index contributed by atoms with van der Waals surface area (Å²) in [5.41, 5.74) is 7.64. The minimum atomic E-state index is -0.620. The lowest BCUT2D eigenvalue weighted by Crippen LogP contribution is -2.43. The molecule has 5 N–H and O–H groups in total. The van der Waals surface area contributed by atoms with E-state index in [1.165, 1.54) is 0 Å². The highest BCUT2D eigenvalue weighted by Gasteiger charge is 2.23. The third-order valence-corrected chi connectivity index (χ3v) is 5.68. The summed E-state index contributed by atoms with van der Waals surface area (Å²) >= 11 is 6.40. The van der Waals surface area contributed by atoms with Crippen LogP contribution in [0.5, 0.6) is 0 Å². The number of urea groups is 1. The number of amides is 3. The Morgan fingerprint density at radius 2 is 2.03 bits per heavy atom. The Labute approximate surface area is 184 Å². The van der Waals surface area contributed by atoms with E-state index in [1.807, 2.05) is 30.5 Å². The molecule has 0 saturated carbocycles. The van der Waals surface area contributed by atoms with Gasteiger partial charge in [0.15, 0.2) is 0 Å². The number of aromatic amines is 1. The molecule has 0 atom stereocenters. The molecule has 1 aromatic carbocycles. The summed E-state index contributed by atoms with van der Waals surface area (Å²) in [6.45, 7) is 1.52. The molecule has 0 bridgehead atoms. The molecule has 0 spiro atoms. The molecule has 2 aromatic heterocycles. The van der Waals surface area contributed by atoms with Gasteiger partial charge in [0.1, 0.15) is 0 Å². The van der Waals surface area contributed by atoms with Crippen molar-refractivity contribution in [3.63, 3.8) is 0 Å². The zero-order valence-corrected chi connectivity index (χ0v) is 17.7. The maximum absolute atomic E-state index is 12.2. The second-order valence-corrected chi connectivity index (χ2v) is 7.89. The number of fused-ring (bicyclic) bond motifs is 1. The summed E-state index contributed by atoms with van der Waals surface area (Å²) in [6.07, 6.45) is 5.32. The molecule has 4 rings (SSSR count). The van der Waals surface area contributed by atoms with Crippen LogP contribution in [0.3, 0.4) is 0 Å². The van der Waals surface area contributed by atoms with E-state index in [0.717, 1.165) is 29.3 Å². The number of hydrogen-bond acceptors (Lipinski definition) is 5. The van der Waals surface area contributed by atoms with Gasteiger partial charge in [0, 0.05) is 54.8 Å². The first-order chi connectivity index (χ1) is 15.0. The van der Waals surface area contributed by atoms with Gasteiger partial charge in [0.05, 0.1) is 16.9 Å². The second-order valence-electron chi connectivity index (χ2n) is 7.48. The highest BCUT2D eigenvalue weighted by atomic mass is 35.5. The van der Waals surface area contributed by atoms with Crippen LogP contribution in [0.2, 0.25) is 5.02 Å². The Hall–Kier alpha value is -3.33. The van der Waals surface area contributed by atoms with Crippen LogP contribution in [0.25, 0.3) is 22.2 Å². The zero-order valence-electron chi connectivity index (χ0n) is 16.9. The minimum absolute atomic E-state index is 0.0107. The fourth-order valence-corrected chi connectivity index (χ4v) is 3.99. The Balaban J connectivity index is 1.38. The number of nitrogens with zero attached hydrogens (tertiary/aromatic N) is 3. The van der Waals surface area contributed by atoms with Crippen LogP contribution in [-0.4, -0.2) is 57.5 Å². The Bertz CT molecular complexity index is 1090. The summed E-state index contributed by atoms with van der Waals surface area (Å²) < 4.78 is 0. The second kappa shape index (κ2) is 9.22. The number of primary amides is 1. The van der Waals surface area contributed by atoms with E-state index in [-0.39, 0.29) is 24.9 Å². The van der Waals surface area contributed by atoms with Gasteiger partial charge in [-0.25, -0.2) is 14.8 Å². The topological polar surface area (TPSA) is 129 Å². The quantitative estimate of drug-likeness (QED) is 0.467. The van der Waals surface area contributed by atoms with Crippen molar-refractivity contribution < 1.29 is 9.59 Å². The predicted molar refractivity (Wildman–Crippen MR) is 120 cm³/mol. The van der Waals surface area contributed by atoms with E-state index >= 15 is 0 Å². The fourth-order valence-electron chi connectivity index (χ4n) is 3.80. The van der Waals surface area contributed by atoms with Gasteiger partial charge in [-0.15, -0.1) is 0 Å². The van der Waals surface area contributed by atoms with Crippen LogP contribution < -0.4 is 16.4 Å². The molecule has 3 aromatic rings. The third kappa shape index (κ3) is 4.88. The van der Waals surface area contributed by atoms with E-state index in [4.69, 9.17) is 17.3 Å². The monoisotopic (exact) mass is 441 g/mol. The lowest BCUT2D eigenvalue weighted by atomic mass is 10.0. The summed E-state index contributed by atoms with van der Waals surface area (Å²) in [7, 11) is 0. The maximum atomic E-state index is 12.2. The van der Waals surface area contributed by atoms with E-state index in [1.54, 1.807) is 11.1 Å². The molecule has 0 unspecified atom stereocenters. The van der Waals surface area contributed by atoms with Crippen LogP contribution in [0, 0.1) is 0 Å². The van der Waals surface area contributed by atoms with Crippen molar-refractivity contribution in [2.24, 2.45) is 5.73 Å². The molecule has 9 nitrogen and oxygen atoms in total. The first-order valence-electron chi connectivity index (χ1n) is 10.2. The first-order valence-corrected chi connectivity index (χ1v) is 10.6. The SMILES string of the molecule is NC(=O)NCCC(=O)N1CCC(Nc2ncc(Cl)c(-c3c[nH]c4ccccc34)n2)CC1. The fraction of sp³-hybridized carbons (Fsp3) is 0.333. The number of carbonyl (C=O) groups is 2. The number of likely N-dealkylation sites (tertiary alicyclic amines) is 1. The Morgan fingerprint density at radius 3 is 2.81 bits per heavy atom. The number of aromatic nitrogens is 3. The van der Waals surface area contributed by atoms with Gasteiger partial charge in [0.25, 0.3) is 0 Å². The molecule has 1 aliphatic heterocycles. The number of benzene rings is 1. The summed E-state index contributed by atoms with van der Waals surface area (Å²) in [5, 5.41) is 7.35. The van der Waals surface area contributed by atoms with Crippen LogP contribution in [0.4, 0.5) is 10.7 Å². The van der Waals surface area contributed by atoms with Crippen LogP contribution in [-0.2, 0) is 4.79 Å². The molecule has 0 aliphatic carbocycles. The minimum Gasteiger partial charge on any atom is -0.360 e. The van der Waals surface area contributed by atoms with Crippen molar-refractivity contribution in [2.45, 2.75) is 25.3 Å². The Kier molecular flexibility index (Phi) is 6.22. The lowest BCUT2D eigenvalue weighted by molar-refractivity contribution is -0.132. The molecular weight excluding hydrogens is 418 g/mol. The van der Waals surface area contributed by atoms with Gasteiger partial charge >= 0.3 is 6.03 Å². The summed E-state index contributed by atoms with van der Waals surface area (Å²) in [5.74, 6) is 0.525. The lowest BCUT2D eigenvalue weighted by Gasteiger charge is -2.32. The summed E-state index contributed by atoms with van der Waals surface area (Å²) in [4.78, 5) is 37.0. The number of anilines is 1. The highest BCUT2D eigenvalue weighted by Crippen LogP contribution is 2.32. The molecule has 3 heterocycles. The third-order valence-electron chi connectivity index (χ3n) is 5.41. The molecular formula is C21H24ClN7O2. The molecule has 31 heavy (non-hydrogen) atoms. The van der Waals surface area contributed by atoms with Gasteiger partial charge in [-0.3, -0.25) is 4.79 Å². The van der Waals surface area contributed by atoms with E-state index in [2.05, 4.69) is 25.6 Å².